The first kappa shape index (κ1) is 15.1. The molecule has 0 saturated carbocycles. The number of pyridine rings is 1. The molecule has 0 saturated heterocycles. The molecule has 0 radical (unpaired) electrons. The minimum atomic E-state index is -0.296. The topological polar surface area (TPSA) is 85.3 Å². The second kappa shape index (κ2) is 6.56. The first-order valence-corrected chi connectivity index (χ1v) is 7.83. The van der Waals surface area contributed by atoms with Gasteiger partial charge >= 0.3 is 5.84 Å². The summed E-state index contributed by atoms with van der Waals surface area (Å²) in [6.45, 7) is 0.391. The Balaban J connectivity index is 1.61. The smallest absolute Gasteiger partial charge is 0.325 e. The summed E-state index contributed by atoms with van der Waals surface area (Å²) >= 11 is 0. The lowest BCUT2D eigenvalue weighted by Gasteiger charge is -2.05. The average molecular weight is 333 g/mol. The van der Waals surface area contributed by atoms with E-state index in [2.05, 4.69) is 20.4 Å². The number of amides is 1. The van der Waals surface area contributed by atoms with Gasteiger partial charge in [-0.25, -0.2) is 0 Å². The van der Waals surface area contributed by atoms with Gasteiger partial charge in [-0.05, 0) is 23.3 Å². The minimum absolute atomic E-state index is 0.230. The summed E-state index contributed by atoms with van der Waals surface area (Å²) < 4.78 is 7.19. The Kier molecular flexibility index (Phi) is 3.96. The highest BCUT2D eigenvalue weighted by atomic mass is 16.4. The predicted octanol–water partition coefficient (Wildman–Crippen LogP) is 2.24. The van der Waals surface area contributed by atoms with Crippen LogP contribution in [0, 0.1) is 0 Å². The molecule has 7 heteroatoms. The van der Waals surface area contributed by atoms with Gasteiger partial charge in [-0.1, -0.05) is 30.3 Å². The van der Waals surface area contributed by atoms with E-state index >= 15 is 0 Å². The van der Waals surface area contributed by atoms with Gasteiger partial charge in [0.2, 0.25) is 5.76 Å². The van der Waals surface area contributed by atoms with E-state index in [0.29, 0.717) is 24.5 Å². The van der Waals surface area contributed by atoms with Crippen LogP contribution in [0.15, 0.2) is 65.6 Å². The van der Waals surface area contributed by atoms with Gasteiger partial charge in [0, 0.05) is 25.4 Å². The maximum absolute atomic E-state index is 12.6. The molecule has 7 nitrogen and oxygen atoms in total. The van der Waals surface area contributed by atoms with Gasteiger partial charge in [-0.15, -0.1) is 0 Å². The van der Waals surface area contributed by atoms with Gasteiger partial charge in [0.05, 0.1) is 0 Å². The molecular weight excluding hydrogens is 318 g/mol. The summed E-state index contributed by atoms with van der Waals surface area (Å²) in [5.74, 6) is 0.239. The Morgan fingerprint density at radius 2 is 1.88 bits per heavy atom. The van der Waals surface area contributed by atoms with E-state index in [1.807, 2.05) is 42.5 Å². The maximum Gasteiger partial charge on any atom is 0.325 e. The van der Waals surface area contributed by atoms with Crippen LogP contribution >= 0.6 is 0 Å². The number of oxazole rings is 1. The molecule has 0 spiro atoms. The first-order chi connectivity index (χ1) is 12.3. The van der Waals surface area contributed by atoms with E-state index in [9.17, 15) is 4.79 Å². The Hall–Kier alpha value is -3.48. The first-order valence-electron chi connectivity index (χ1n) is 7.83. The zero-order valence-corrected chi connectivity index (χ0v) is 13.3. The van der Waals surface area contributed by atoms with Crippen molar-refractivity contribution >= 4 is 11.8 Å². The number of nitrogens with one attached hydrogen (secondary N) is 1. The Labute approximate surface area is 143 Å². The molecule has 1 amide bonds. The number of hydrogen-bond acceptors (Lipinski definition) is 5. The van der Waals surface area contributed by atoms with Gasteiger partial charge in [0.25, 0.3) is 5.91 Å². The SMILES string of the molecule is O=C(NCc1ccncc1)c1oc2ncnn2c1Cc1ccccc1. The van der Waals surface area contributed by atoms with Gasteiger partial charge in [0.15, 0.2) is 0 Å². The number of benzene rings is 1. The van der Waals surface area contributed by atoms with E-state index < -0.39 is 0 Å². The quantitative estimate of drug-likeness (QED) is 0.605. The van der Waals surface area contributed by atoms with Crippen molar-refractivity contribution in [2.45, 2.75) is 13.0 Å². The molecule has 0 atom stereocenters. The van der Waals surface area contributed by atoms with E-state index in [4.69, 9.17) is 4.42 Å². The number of aromatic nitrogens is 4. The van der Waals surface area contributed by atoms with E-state index in [1.165, 1.54) is 6.33 Å². The van der Waals surface area contributed by atoms with Crippen LogP contribution in [-0.2, 0) is 13.0 Å². The van der Waals surface area contributed by atoms with Crippen LogP contribution in [0.5, 0.6) is 0 Å². The second-order valence-electron chi connectivity index (χ2n) is 5.53. The molecule has 25 heavy (non-hydrogen) atoms. The van der Waals surface area contributed by atoms with Gasteiger partial charge in [-0.3, -0.25) is 9.78 Å². The zero-order valence-electron chi connectivity index (χ0n) is 13.3. The molecule has 1 aromatic carbocycles. The molecule has 124 valence electrons. The number of carbonyl (C=O) groups is 1. The van der Waals surface area contributed by atoms with Crippen molar-refractivity contribution in [3.63, 3.8) is 0 Å². The number of rotatable bonds is 5. The van der Waals surface area contributed by atoms with Crippen LogP contribution in [0.4, 0.5) is 0 Å². The number of nitrogens with zero attached hydrogens (tertiary/aromatic N) is 4. The monoisotopic (exact) mass is 333 g/mol. The molecule has 4 aromatic rings. The van der Waals surface area contributed by atoms with Gasteiger partial charge in [-0.2, -0.15) is 14.6 Å². The number of fused-ring (bicyclic) bond motifs is 1. The third-order valence-corrected chi connectivity index (χ3v) is 3.85. The molecule has 1 N–H and O–H groups in total. The molecule has 0 unspecified atom stereocenters. The number of hydrogen-bond donors (Lipinski definition) is 1. The lowest BCUT2D eigenvalue weighted by molar-refractivity contribution is 0.0923. The minimum Gasteiger partial charge on any atom is -0.416 e. The summed E-state index contributed by atoms with van der Waals surface area (Å²) in [6, 6.07) is 13.5. The molecular formula is C18H15N5O2. The summed E-state index contributed by atoms with van der Waals surface area (Å²) in [5.41, 5.74) is 2.69. The third kappa shape index (κ3) is 3.12. The van der Waals surface area contributed by atoms with Crippen molar-refractivity contribution in [2.24, 2.45) is 0 Å². The van der Waals surface area contributed by atoms with Crippen molar-refractivity contribution < 1.29 is 9.21 Å². The highest BCUT2D eigenvalue weighted by Gasteiger charge is 2.22. The average Bonchev–Trinajstić information content (AvgIpc) is 3.24. The van der Waals surface area contributed by atoms with Crippen molar-refractivity contribution in [1.82, 2.24) is 24.9 Å². The summed E-state index contributed by atoms with van der Waals surface area (Å²) in [7, 11) is 0. The normalized spacial score (nSPS) is 10.9. The Morgan fingerprint density at radius 1 is 1.08 bits per heavy atom. The Bertz CT molecular complexity index is 992. The van der Waals surface area contributed by atoms with Crippen LogP contribution in [0.3, 0.4) is 0 Å². The fourth-order valence-corrected chi connectivity index (χ4v) is 2.62. The van der Waals surface area contributed by atoms with E-state index in [0.717, 1.165) is 11.1 Å². The van der Waals surface area contributed by atoms with E-state index in [-0.39, 0.29) is 11.7 Å². The fraction of sp³-hybridized carbons (Fsp3) is 0.111. The maximum atomic E-state index is 12.6. The number of carbonyl (C=O) groups excluding carboxylic acids is 1. The molecule has 0 fully saturated rings. The lowest BCUT2D eigenvalue weighted by Crippen LogP contribution is -2.23. The van der Waals surface area contributed by atoms with Crippen LogP contribution < -0.4 is 5.32 Å². The van der Waals surface area contributed by atoms with Crippen molar-refractivity contribution in [2.75, 3.05) is 0 Å². The van der Waals surface area contributed by atoms with Crippen molar-refractivity contribution in [1.29, 1.82) is 0 Å². The molecule has 0 aliphatic carbocycles. The Morgan fingerprint density at radius 3 is 2.68 bits per heavy atom. The van der Waals surface area contributed by atoms with Crippen LogP contribution in [-0.4, -0.2) is 25.5 Å². The summed E-state index contributed by atoms with van der Waals surface area (Å²) in [4.78, 5) is 20.6. The highest BCUT2D eigenvalue weighted by Crippen LogP contribution is 2.18. The predicted molar refractivity (Wildman–Crippen MR) is 89.9 cm³/mol. The molecule has 0 aliphatic heterocycles. The lowest BCUT2D eigenvalue weighted by atomic mass is 10.1. The molecule has 4 rings (SSSR count). The summed E-state index contributed by atoms with van der Waals surface area (Å²) in [6.07, 6.45) is 5.31. The van der Waals surface area contributed by atoms with Crippen molar-refractivity contribution in [3.05, 3.63) is 83.8 Å². The van der Waals surface area contributed by atoms with Gasteiger partial charge in [0.1, 0.15) is 12.0 Å². The summed E-state index contributed by atoms with van der Waals surface area (Å²) in [5, 5.41) is 7.02. The van der Waals surface area contributed by atoms with E-state index in [1.54, 1.807) is 16.9 Å². The van der Waals surface area contributed by atoms with Gasteiger partial charge < -0.3 is 9.73 Å². The molecule has 0 aliphatic rings. The zero-order chi connectivity index (χ0) is 17.1. The standard InChI is InChI=1S/C18H15N5O2/c24-17(20-11-14-6-8-19-9-7-14)16-15(10-13-4-2-1-3-5-13)23-18(25-16)21-12-22-23/h1-9,12H,10-11H2,(H,20,24). The van der Waals surface area contributed by atoms with Crippen LogP contribution in [0.1, 0.15) is 27.4 Å². The van der Waals surface area contributed by atoms with Crippen LogP contribution in [0.25, 0.3) is 5.84 Å². The largest absolute Gasteiger partial charge is 0.416 e. The van der Waals surface area contributed by atoms with Crippen molar-refractivity contribution in [3.8, 4) is 0 Å². The second-order valence-corrected chi connectivity index (χ2v) is 5.53. The van der Waals surface area contributed by atoms with Crippen LogP contribution in [0.2, 0.25) is 0 Å². The highest BCUT2D eigenvalue weighted by molar-refractivity contribution is 5.93. The third-order valence-electron chi connectivity index (χ3n) is 3.85. The fourth-order valence-electron chi connectivity index (χ4n) is 2.62. The molecule has 3 heterocycles. The molecule has 0 bridgehead atoms. The molecule has 3 aromatic heterocycles.